The van der Waals surface area contributed by atoms with Gasteiger partial charge in [0.2, 0.25) is 0 Å². The first-order valence-corrected chi connectivity index (χ1v) is 9.28. The minimum absolute atomic E-state index is 0.213. The first-order chi connectivity index (χ1) is 14.2. The van der Waals surface area contributed by atoms with Crippen molar-refractivity contribution < 1.29 is 22.4 Å². The highest BCUT2D eigenvalue weighted by Gasteiger charge is 2.29. The van der Waals surface area contributed by atoms with Crippen LogP contribution >= 0.6 is 0 Å². The number of fused-ring (bicyclic) bond motifs is 1. The number of carbonyl (C=O) groups excluding carboxylic acids is 1. The molecule has 0 spiro atoms. The number of halogens is 4. The predicted molar refractivity (Wildman–Crippen MR) is 105 cm³/mol. The van der Waals surface area contributed by atoms with Crippen molar-refractivity contribution in [2.75, 3.05) is 0 Å². The van der Waals surface area contributed by atoms with Gasteiger partial charge in [-0.05, 0) is 44.4 Å². The van der Waals surface area contributed by atoms with Crippen molar-refractivity contribution in [2.24, 2.45) is 4.99 Å². The van der Waals surface area contributed by atoms with E-state index in [0.29, 0.717) is 18.5 Å². The Labute approximate surface area is 170 Å². The Balaban J connectivity index is 1.73. The number of nitrogens with zero attached hydrogens (tertiary/aromatic N) is 3. The van der Waals surface area contributed by atoms with E-state index in [4.69, 9.17) is 0 Å². The summed E-state index contributed by atoms with van der Waals surface area (Å²) in [7, 11) is 0. The molecule has 1 aromatic carbocycles. The Bertz CT molecular complexity index is 1020. The molecule has 1 atom stereocenters. The standard InChI is InChI=1S/C21H20F4N4O/c1-13(21(23,24)25)10-11-26-14(2)20(30)28-17-7-5-9-18-15(17)12-27-29(18)19-8-4-3-6-16(19)22/h3-4,6,8,10-12,17H,2,5,7,9H2,1H3,(H,28,30)/b13-10+,26-11-. The second-order valence-corrected chi connectivity index (χ2v) is 6.90. The van der Waals surface area contributed by atoms with Gasteiger partial charge in [0, 0.05) is 23.0 Å². The van der Waals surface area contributed by atoms with E-state index in [9.17, 15) is 22.4 Å². The molecule has 9 heteroatoms. The van der Waals surface area contributed by atoms with Crippen LogP contribution in [-0.2, 0) is 11.2 Å². The highest BCUT2D eigenvalue weighted by molar-refractivity contribution is 5.94. The van der Waals surface area contributed by atoms with E-state index >= 15 is 0 Å². The molecule has 0 saturated carbocycles. The van der Waals surface area contributed by atoms with Gasteiger partial charge in [-0.15, -0.1) is 0 Å². The average Bonchev–Trinajstić information content (AvgIpc) is 3.12. The van der Waals surface area contributed by atoms with Crippen LogP contribution in [0, 0.1) is 5.82 Å². The number of carbonyl (C=O) groups is 1. The van der Waals surface area contributed by atoms with Gasteiger partial charge in [0.15, 0.2) is 0 Å². The summed E-state index contributed by atoms with van der Waals surface area (Å²) >= 11 is 0. The van der Waals surface area contributed by atoms with Gasteiger partial charge >= 0.3 is 6.18 Å². The van der Waals surface area contributed by atoms with Gasteiger partial charge in [0.1, 0.15) is 17.2 Å². The second-order valence-electron chi connectivity index (χ2n) is 6.90. The van der Waals surface area contributed by atoms with E-state index in [2.05, 4.69) is 22.0 Å². The van der Waals surface area contributed by atoms with Crippen molar-refractivity contribution >= 4 is 12.1 Å². The van der Waals surface area contributed by atoms with E-state index < -0.39 is 23.5 Å². The molecular formula is C21H20F4N4O. The van der Waals surface area contributed by atoms with Crippen molar-refractivity contribution in [3.05, 3.63) is 71.5 Å². The highest BCUT2D eigenvalue weighted by Crippen LogP contribution is 2.31. The SMILES string of the molecule is C=C(/N=C\C=C(/C)C(F)(F)F)C(=O)NC1CCCc2c1cnn2-c1ccccc1F. The Morgan fingerprint density at radius 2 is 2.10 bits per heavy atom. The summed E-state index contributed by atoms with van der Waals surface area (Å²) in [6.07, 6.45) is 0.881. The van der Waals surface area contributed by atoms with Crippen LogP contribution in [0.25, 0.3) is 5.69 Å². The van der Waals surface area contributed by atoms with Crippen LogP contribution in [0.15, 0.2) is 59.4 Å². The molecule has 0 fully saturated rings. The van der Waals surface area contributed by atoms with E-state index in [-0.39, 0.29) is 11.7 Å². The van der Waals surface area contributed by atoms with Crippen LogP contribution in [0.5, 0.6) is 0 Å². The number of benzene rings is 1. The minimum Gasteiger partial charge on any atom is -0.344 e. The third kappa shape index (κ3) is 4.67. The summed E-state index contributed by atoms with van der Waals surface area (Å²) in [5.41, 5.74) is 0.843. The summed E-state index contributed by atoms with van der Waals surface area (Å²) in [4.78, 5) is 16.1. The number of rotatable bonds is 5. The Hall–Kier alpha value is -3.23. The summed E-state index contributed by atoms with van der Waals surface area (Å²) in [5.74, 6) is -1.000. The molecule has 30 heavy (non-hydrogen) atoms. The average molecular weight is 420 g/mol. The lowest BCUT2D eigenvalue weighted by molar-refractivity contribution is -0.118. The number of aromatic nitrogens is 2. The molecule has 1 N–H and O–H groups in total. The fourth-order valence-corrected chi connectivity index (χ4v) is 3.17. The molecule has 1 amide bonds. The molecule has 1 aliphatic carbocycles. The normalized spacial score (nSPS) is 17.1. The number of hydrogen-bond donors (Lipinski definition) is 1. The molecule has 1 unspecified atom stereocenters. The number of amides is 1. The van der Waals surface area contributed by atoms with Crippen LogP contribution in [0.3, 0.4) is 0 Å². The Morgan fingerprint density at radius 1 is 1.37 bits per heavy atom. The van der Waals surface area contributed by atoms with Gasteiger partial charge in [0.25, 0.3) is 5.91 Å². The van der Waals surface area contributed by atoms with Gasteiger partial charge in [-0.25, -0.2) is 9.07 Å². The maximum Gasteiger partial charge on any atom is 0.412 e. The van der Waals surface area contributed by atoms with Crippen molar-refractivity contribution in [3.8, 4) is 5.69 Å². The van der Waals surface area contributed by atoms with E-state index in [0.717, 1.165) is 36.9 Å². The molecule has 1 aromatic heterocycles. The Morgan fingerprint density at radius 3 is 2.80 bits per heavy atom. The monoisotopic (exact) mass is 420 g/mol. The number of nitrogens with one attached hydrogen (secondary N) is 1. The maximum absolute atomic E-state index is 14.2. The predicted octanol–water partition coefficient (Wildman–Crippen LogP) is 4.60. The van der Waals surface area contributed by atoms with Crippen molar-refractivity contribution in [1.29, 1.82) is 0 Å². The van der Waals surface area contributed by atoms with Gasteiger partial charge in [0.05, 0.1) is 12.2 Å². The van der Waals surface area contributed by atoms with Crippen LogP contribution in [0.2, 0.25) is 0 Å². The lowest BCUT2D eigenvalue weighted by Crippen LogP contribution is -2.31. The fraction of sp³-hybridized carbons (Fsp3) is 0.286. The Kier molecular flexibility index (Phi) is 6.19. The number of allylic oxidation sites excluding steroid dienone is 2. The molecule has 1 aliphatic rings. The van der Waals surface area contributed by atoms with Crippen LogP contribution in [0.1, 0.15) is 37.1 Å². The summed E-state index contributed by atoms with van der Waals surface area (Å²) in [5, 5.41) is 7.06. The third-order valence-corrected chi connectivity index (χ3v) is 4.83. The lowest BCUT2D eigenvalue weighted by atomic mass is 9.92. The van der Waals surface area contributed by atoms with Gasteiger partial charge in [-0.1, -0.05) is 18.7 Å². The quantitative estimate of drug-likeness (QED) is 0.437. The first-order valence-electron chi connectivity index (χ1n) is 9.28. The molecule has 0 radical (unpaired) electrons. The zero-order valence-corrected chi connectivity index (χ0v) is 16.2. The van der Waals surface area contributed by atoms with Crippen LogP contribution in [0.4, 0.5) is 17.6 Å². The zero-order valence-electron chi connectivity index (χ0n) is 16.2. The lowest BCUT2D eigenvalue weighted by Gasteiger charge is -2.24. The van der Waals surface area contributed by atoms with Gasteiger partial charge in [-0.2, -0.15) is 18.3 Å². The summed E-state index contributed by atoms with van der Waals surface area (Å²) in [6.45, 7) is 4.42. The number of aliphatic imine (C=N–C) groups is 1. The van der Waals surface area contributed by atoms with E-state index in [1.165, 1.54) is 10.7 Å². The maximum atomic E-state index is 14.2. The first kappa shape index (κ1) is 21.5. The van der Waals surface area contributed by atoms with Crippen molar-refractivity contribution in [1.82, 2.24) is 15.1 Å². The van der Waals surface area contributed by atoms with E-state index in [1.807, 2.05) is 0 Å². The molecule has 1 heterocycles. The topological polar surface area (TPSA) is 59.3 Å². The zero-order chi connectivity index (χ0) is 21.9. The number of hydrogen-bond acceptors (Lipinski definition) is 3. The molecular weight excluding hydrogens is 400 g/mol. The highest BCUT2D eigenvalue weighted by atomic mass is 19.4. The molecule has 0 saturated heterocycles. The van der Waals surface area contributed by atoms with Gasteiger partial charge in [-0.3, -0.25) is 9.79 Å². The summed E-state index contributed by atoms with van der Waals surface area (Å²) < 4.78 is 53.1. The van der Waals surface area contributed by atoms with E-state index in [1.54, 1.807) is 24.4 Å². The molecule has 3 rings (SSSR count). The molecule has 158 valence electrons. The fourth-order valence-electron chi connectivity index (χ4n) is 3.17. The largest absolute Gasteiger partial charge is 0.412 e. The number of para-hydroxylation sites is 1. The third-order valence-electron chi connectivity index (χ3n) is 4.83. The molecule has 2 aromatic rings. The van der Waals surface area contributed by atoms with Crippen LogP contribution in [-0.4, -0.2) is 28.1 Å². The van der Waals surface area contributed by atoms with Gasteiger partial charge < -0.3 is 5.32 Å². The minimum atomic E-state index is -4.45. The second kappa shape index (κ2) is 8.64. The summed E-state index contributed by atoms with van der Waals surface area (Å²) in [6, 6.07) is 5.90. The molecule has 5 nitrogen and oxygen atoms in total. The molecule has 0 aliphatic heterocycles. The molecule has 0 bridgehead atoms. The van der Waals surface area contributed by atoms with Crippen molar-refractivity contribution in [2.45, 2.75) is 38.4 Å². The smallest absolute Gasteiger partial charge is 0.344 e. The number of alkyl halides is 3. The van der Waals surface area contributed by atoms with Crippen LogP contribution < -0.4 is 5.32 Å². The van der Waals surface area contributed by atoms with Crippen molar-refractivity contribution in [3.63, 3.8) is 0 Å².